The lowest BCUT2D eigenvalue weighted by molar-refractivity contribution is -0.138. The lowest BCUT2D eigenvalue weighted by Gasteiger charge is -2.36. The number of piperazine rings is 1. The minimum absolute atomic E-state index is 0.0325. The van der Waals surface area contributed by atoms with E-state index in [1.807, 2.05) is 18.2 Å². The molecule has 186 valence electrons. The van der Waals surface area contributed by atoms with Crippen LogP contribution >= 0.6 is 23.4 Å². The largest absolute Gasteiger partial charge is 0.416 e. The zero-order chi connectivity index (χ0) is 25.0. The van der Waals surface area contributed by atoms with Crippen molar-refractivity contribution < 1.29 is 18.0 Å². The summed E-state index contributed by atoms with van der Waals surface area (Å²) in [5.41, 5.74) is 0.813. The Kier molecular flexibility index (Phi) is 5.85. The number of hydrogen-bond acceptors (Lipinski definition) is 5. The van der Waals surface area contributed by atoms with Crippen LogP contribution in [0.4, 0.5) is 13.2 Å². The standard InChI is InChI=1S/C25H21ClF3N5OS/c26-17-3-2-15(20(9-17)25(27,28)29)13-33-21-6-1-14(7-16(21)10-31-33)8-22-23(35)32-24(36-22)34-18-4-5-19(34)12-30-11-18/h1-3,6-10,18-19,30H,4-5,11-13H2/b22-8-/t18-,19+. The highest BCUT2D eigenvalue weighted by molar-refractivity contribution is 8.18. The highest BCUT2D eigenvalue weighted by atomic mass is 35.5. The Labute approximate surface area is 214 Å². The van der Waals surface area contributed by atoms with E-state index in [4.69, 9.17) is 11.6 Å². The van der Waals surface area contributed by atoms with Crippen molar-refractivity contribution in [3.8, 4) is 0 Å². The maximum absolute atomic E-state index is 13.5. The average molecular weight is 532 g/mol. The molecule has 2 saturated heterocycles. The van der Waals surface area contributed by atoms with Crippen molar-refractivity contribution in [1.82, 2.24) is 20.0 Å². The average Bonchev–Trinajstić information content (AvgIpc) is 3.47. The van der Waals surface area contributed by atoms with E-state index in [-0.39, 0.29) is 23.0 Å². The van der Waals surface area contributed by atoms with Gasteiger partial charge in [-0.3, -0.25) is 9.48 Å². The molecule has 0 spiro atoms. The van der Waals surface area contributed by atoms with E-state index in [0.29, 0.717) is 22.5 Å². The monoisotopic (exact) mass is 531 g/mol. The number of amides is 1. The summed E-state index contributed by atoms with van der Waals surface area (Å²) < 4.78 is 42.0. The van der Waals surface area contributed by atoms with Gasteiger partial charge in [0.1, 0.15) is 0 Å². The number of hydrogen-bond donors (Lipinski definition) is 1. The molecule has 0 radical (unpaired) electrons. The molecule has 2 aromatic carbocycles. The first kappa shape index (κ1) is 23.6. The van der Waals surface area contributed by atoms with Crippen molar-refractivity contribution >= 4 is 51.4 Å². The molecule has 2 fully saturated rings. The number of aliphatic imine (C=N–C) groups is 1. The Morgan fingerprint density at radius 1 is 1.14 bits per heavy atom. The van der Waals surface area contributed by atoms with E-state index in [1.165, 1.54) is 28.6 Å². The van der Waals surface area contributed by atoms with Gasteiger partial charge in [0, 0.05) is 35.6 Å². The van der Waals surface area contributed by atoms with E-state index in [9.17, 15) is 18.0 Å². The van der Waals surface area contributed by atoms with Crippen LogP contribution in [0.15, 0.2) is 52.5 Å². The SMILES string of the molecule is O=C1N=C(N2[C@@H]3CC[C@H]2CNC3)S/C1=C\c1ccc2c(cnn2Cc2ccc(Cl)cc2C(F)(F)F)c1. The smallest absolute Gasteiger partial charge is 0.342 e. The first-order valence-corrected chi connectivity index (χ1v) is 12.8. The first-order chi connectivity index (χ1) is 17.3. The third-order valence-corrected chi connectivity index (χ3v) is 8.10. The second-order valence-corrected chi connectivity index (χ2v) is 10.6. The van der Waals surface area contributed by atoms with Crippen LogP contribution in [0.1, 0.15) is 29.5 Å². The summed E-state index contributed by atoms with van der Waals surface area (Å²) >= 11 is 7.21. The lowest BCUT2D eigenvalue weighted by atomic mass is 10.1. The first-order valence-electron chi connectivity index (χ1n) is 11.6. The van der Waals surface area contributed by atoms with Gasteiger partial charge in [0.05, 0.1) is 28.7 Å². The van der Waals surface area contributed by atoms with Crippen molar-refractivity contribution in [3.05, 3.63) is 69.2 Å². The molecule has 2 bridgehead atoms. The quantitative estimate of drug-likeness (QED) is 0.473. The molecule has 2 atom stereocenters. The van der Waals surface area contributed by atoms with Crippen molar-refractivity contribution in [3.63, 3.8) is 0 Å². The van der Waals surface area contributed by atoms with Gasteiger partial charge in [-0.05, 0) is 66.1 Å². The molecule has 3 aliphatic rings. The van der Waals surface area contributed by atoms with E-state index >= 15 is 0 Å². The zero-order valence-electron chi connectivity index (χ0n) is 18.9. The number of fused-ring (bicyclic) bond motifs is 3. The number of nitrogens with zero attached hydrogens (tertiary/aromatic N) is 4. The summed E-state index contributed by atoms with van der Waals surface area (Å²) in [5, 5.41) is 9.32. The third kappa shape index (κ3) is 4.31. The second kappa shape index (κ2) is 8.93. The van der Waals surface area contributed by atoms with Gasteiger partial charge in [-0.1, -0.05) is 23.7 Å². The Morgan fingerprint density at radius 3 is 2.67 bits per heavy atom. The molecule has 36 heavy (non-hydrogen) atoms. The highest BCUT2D eigenvalue weighted by Gasteiger charge is 2.41. The summed E-state index contributed by atoms with van der Waals surface area (Å²) in [6.07, 6.45) is 1.12. The van der Waals surface area contributed by atoms with E-state index in [1.54, 1.807) is 12.3 Å². The normalized spacial score (nSPS) is 23.2. The van der Waals surface area contributed by atoms with Crippen molar-refractivity contribution in [2.24, 2.45) is 4.99 Å². The van der Waals surface area contributed by atoms with Crippen LogP contribution in [-0.2, 0) is 17.5 Å². The summed E-state index contributed by atoms with van der Waals surface area (Å²) in [6, 6.07) is 10.0. The number of thioether (sulfide) groups is 1. The Morgan fingerprint density at radius 2 is 1.92 bits per heavy atom. The van der Waals surface area contributed by atoms with E-state index < -0.39 is 11.7 Å². The van der Waals surface area contributed by atoms with Crippen LogP contribution in [-0.4, -0.2) is 50.9 Å². The zero-order valence-corrected chi connectivity index (χ0v) is 20.5. The maximum Gasteiger partial charge on any atom is 0.416 e. The van der Waals surface area contributed by atoms with Gasteiger partial charge in [0.2, 0.25) is 0 Å². The van der Waals surface area contributed by atoms with E-state index in [2.05, 4.69) is 20.3 Å². The summed E-state index contributed by atoms with van der Waals surface area (Å²) in [6.45, 7) is 1.77. The molecule has 0 saturated carbocycles. The molecular weight excluding hydrogens is 511 g/mol. The van der Waals surface area contributed by atoms with Crippen LogP contribution in [0, 0.1) is 0 Å². The topological polar surface area (TPSA) is 62.5 Å². The molecule has 4 heterocycles. The van der Waals surface area contributed by atoms with Crippen LogP contribution in [0.25, 0.3) is 17.0 Å². The van der Waals surface area contributed by atoms with Gasteiger partial charge in [-0.2, -0.15) is 23.3 Å². The molecule has 1 N–H and O–H groups in total. The summed E-state index contributed by atoms with van der Waals surface area (Å²) in [5.74, 6) is -0.244. The minimum Gasteiger partial charge on any atom is -0.342 e. The Balaban J connectivity index is 1.23. The van der Waals surface area contributed by atoms with Gasteiger partial charge in [0.15, 0.2) is 5.17 Å². The molecule has 0 unspecified atom stereocenters. The number of benzene rings is 2. The molecular formula is C25H21ClF3N5OS. The number of carbonyl (C=O) groups is 1. The fourth-order valence-electron chi connectivity index (χ4n) is 5.18. The van der Waals surface area contributed by atoms with Crippen LogP contribution in [0.3, 0.4) is 0 Å². The highest BCUT2D eigenvalue weighted by Crippen LogP contribution is 2.37. The number of halogens is 4. The second-order valence-electron chi connectivity index (χ2n) is 9.18. The number of rotatable bonds is 3. The van der Waals surface area contributed by atoms with Crippen molar-refractivity contribution in [1.29, 1.82) is 0 Å². The molecule has 0 aliphatic carbocycles. The van der Waals surface area contributed by atoms with Crippen LogP contribution in [0.5, 0.6) is 0 Å². The fourth-order valence-corrected chi connectivity index (χ4v) is 6.41. The maximum atomic E-state index is 13.5. The minimum atomic E-state index is -4.51. The molecule has 6 rings (SSSR count). The molecule has 11 heteroatoms. The van der Waals surface area contributed by atoms with Gasteiger partial charge in [-0.15, -0.1) is 0 Å². The Bertz CT molecular complexity index is 1420. The predicted octanol–water partition coefficient (Wildman–Crippen LogP) is 5.16. The number of carbonyl (C=O) groups excluding carboxylic acids is 1. The molecule has 1 amide bonds. The lowest BCUT2D eigenvalue weighted by Crippen LogP contribution is -2.53. The summed E-state index contributed by atoms with van der Waals surface area (Å²) in [4.78, 5) is 19.8. The molecule has 3 aliphatic heterocycles. The molecule has 1 aromatic heterocycles. The molecule has 6 nitrogen and oxygen atoms in total. The number of nitrogens with one attached hydrogen (secondary N) is 1. The van der Waals surface area contributed by atoms with Crippen molar-refractivity contribution in [2.45, 2.75) is 37.6 Å². The van der Waals surface area contributed by atoms with E-state index in [0.717, 1.165) is 48.1 Å². The van der Waals surface area contributed by atoms with Crippen LogP contribution in [0.2, 0.25) is 5.02 Å². The number of alkyl halides is 3. The fraction of sp³-hybridized carbons (Fsp3) is 0.320. The Hall–Kier alpha value is -2.82. The van der Waals surface area contributed by atoms with Crippen molar-refractivity contribution in [2.75, 3.05) is 13.1 Å². The van der Waals surface area contributed by atoms with Gasteiger partial charge < -0.3 is 10.2 Å². The van der Waals surface area contributed by atoms with Gasteiger partial charge >= 0.3 is 6.18 Å². The predicted molar refractivity (Wildman–Crippen MR) is 135 cm³/mol. The molecule has 3 aromatic rings. The number of amidine groups is 1. The van der Waals surface area contributed by atoms with Crippen LogP contribution < -0.4 is 5.32 Å². The third-order valence-electron chi connectivity index (χ3n) is 6.87. The summed E-state index contributed by atoms with van der Waals surface area (Å²) in [7, 11) is 0. The van der Waals surface area contributed by atoms with Gasteiger partial charge in [0.25, 0.3) is 5.91 Å². The van der Waals surface area contributed by atoms with Gasteiger partial charge in [-0.25, -0.2) is 0 Å². The number of aromatic nitrogens is 2.